The quantitative estimate of drug-likeness (QED) is 0.559. The molecule has 3 heterocycles. The second-order valence-corrected chi connectivity index (χ2v) is 7.40. The van der Waals surface area contributed by atoms with E-state index in [4.69, 9.17) is 0 Å². The van der Waals surface area contributed by atoms with E-state index in [1.165, 1.54) is 0 Å². The molecule has 138 valence electrons. The van der Waals surface area contributed by atoms with Gasteiger partial charge < -0.3 is 9.88 Å². The lowest BCUT2D eigenvalue weighted by Gasteiger charge is -2.06. The van der Waals surface area contributed by atoms with E-state index in [-0.39, 0.29) is 5.91 Å². The number of hydrogen-bond acceptors (Lipinski definition) is 4. The van der Waals surface area contributed by atoms with E-state index in [1.807, 2.05) is 71.1 Å². The fourth-order valence-corrected chi connectivity index (χ4v) is 4.02. The van der Waals surface area contributed by atoms with Gasteiger partial charge in [-0.3, -0.25) is 4.79 Å². The van der Waals surface area contributed by atoms with E-state index in [2.05, 4.69) is 15.4 Å². The van der Waals surface area contributed by atoms with Crippen LogP contribution in [0.1, 0.15) is 17.1 Å². The number of benzene rings is 1. The molecule has 6 nitrogen and oxygen atoms in total. The fraction of sp³-hybridized carbons (Fsp3) is 0.250. The van der Waals surface area contributed by atoms with Gasteiger partial charge in [-0.2, -0.15) is 5.10 Å². The average molecular weight is 379 g/mol. The van der Waals surface area contributed by atoms with Crippen molar-refractivity contribution < 1.29 is 4.79 Å². The van der Waals surface area contributed by atoms with Gasteiger partial charge in [-0.05, 0) is 37.4 Å². The van der Waals surface area contributed by atoms with Crippen molar-refractivity contribution in [2.45, 2.75) is 26.8 Å². The lowest BCUT2D eigenvalue weighted by molar-refractivity contribution is -0.121. The molecule has 0 fully saturated rings. The third kappa shape index (κ3) is 3.78. The summed E-state index contributed by atoms with van der Waals surface area (Å²) in [6, 6.07) is 12.1. The first kappa shape index (κ1) is 17.5. The van der Waals surface area contributed by atoms with Gasteiger partial charge in [0.2, 0.25) is 11.0 Å². The van der Waals surface area contributed by atoms with E-state index < -0.39 is 0 Å². The summed E-state index contributed by atoms with van der Waals surface area (Å²) in [4.78, 5) is 16.9. The highest BCUT2D eigenvalue weighted by Crippen LogP contribution is 2.17. The molecule has 0 saturated heterocycles. The first-order valence-corrected chi connectivity index (χ1v) is 9.77. The SMILES string of the molecule is Cc1cc(C)n(-c2nc(CCNC(=O)Cn3ccc4ccccc43)cs2)n1. The zero-order valence-corrected chi connectivity index (χ0v) is 16.2. The number of aromatic nitrogens is 4. The van der Waals surface area contributed by atoms with Crippen molar-refractivity contribution in [2.24, 2.45) is 0 Å². The predicted molar refractivity (Wildman–Crippen MR) is 107 cm³/mol. The summed E-state index contributed by atoms with van der Waals surface area (Å²) < 4.78 is 3.83. The molecule has 4 rings (SSSR count). The van der Waals surface area contributed by atoms with Gasteiger partial charge in [-0.25, -0.2) is 9.67 Å². The summed E-state index contributed by atoms with van der Waals surface area (Å²) in [5.74, 6) is 0.00496. The highest BCUT2D eigenvalue weighted by molar-refractivity contribution is 7.12. The van der Waals surface area contributed by atoms with Crippen molar-refractivity contribution in [3.8, 4) is 5.13 Å². The van der Waals surface area contributed by atoms with Crippen LogP contribution in [0.4, 0.5) is 0 Å². The Balaban J connectivity index is 1.32. The van der Waals surface area contributed by atoms with E-state index in [0.29, 0.717) is 19.5 Å². The van der Waals surface area contributed by atoms with Crippen LogP contribution in [0.3, 0.4) is 0 Å². The zero-order valence-electron chi connectivity index (χ0n) is 15.3. The van der Waals surface area contributed by atoms with E-state index in [1.54, 1.807) is 11.3 Å². The van der Waals surface area contributed by atoms with Gasteiger partial charge in [0.25, 0.3) is 0 Å². The van der Waals surface area contributed by atoms with Crippen LogP contribution in [-0.4, -0.2) is 31.8 Å². The number of amides is 1. The van der Waals surface area contributed by atoms with Crippen molar-refractivity contribution in [1.82, 2.24) is 24.6 Å². The Morgan fingerprint density at radius 2 is 2.07 bits per heavy atom. The molecule has 3 aromatic heterocycles. The number of carbonyl (C=O) groups excluding carboxylic acids is 1. The average Bonchev–Trinajstić information content (AvgIpc) is 3.35. The normalized spacial score (nSPS) is 11.2. The molecule has 7 heteroatoms. The Morgan fingerprint density at radius 1 is 1.22 bits per heavy atom. The van der Waals surface area contributed by atoms with Crippen LogP contribution in [0.25, 0.3) is 16.0 Å². The molecule has 0 atom stereocenters. The zero-order chi connectivity index (χ0) is 18.8. The lowest BCUT2D eigenvalue weighted by Crippen LogP contribution is -2.29. The minimum atomic E-state index is 0.00496. The van der Waals surface area contributed by atoms with Gasteiger partial charge >= 0.3 is 0 Å². The van der Waals surface area contributed by atoms with Gasteiger partial charge in [0.1, 0.15) is 6.54 Å². The predicted octanol–water partition coefficient (Wildman–Crippen LogP) is 3.26. The summed E-state index contributed by atoms with van der Waals surface area (Å²) >= 11 is 1.57. The van der Waals surface area contributed by atoms with Crippen LogP contribution in [0.15, 0.2) is 48.0 Å². The molecule has 0 unspecified atom stereocenters. The van der Waals surface area contributed by atoms with Crippen molar-refractivity contribution in [2.75, 3.05) is 6.54 Å². The van der Waals surface area contributed by atoms with Crippen molar-refractivity contribution >= 4 is 28.1 Å². The molecule has 27 heavy (non-hydrogen) atoms. The molecule has 0 spiro atoms. The number of thiazole rings is 1. The first-order chi connectivity index (χ1) is 13.1. The summed E-state index contributed by atoms with van der Waals surface area (Å²) in [7, 11) is 0. The Bertz CT molecular complexity index is 1090. The number of rotatable bonds is 6. The third-order valence-corrected chi connectivity index (χ3v) is 5.29. The maximum absolute atomic E-state index is 12.3. The van der Waals surface area contributed by atoms with Crippen LogP contribution in [0, 0.1) is 13.8 Å². The van der Waals surface area contributed by atoms with E-state index in [9.17, 15) is 4.79 Å². The maximum atomic E-state index is 12.3. The van der Waals surface area contributed by atoms with Gasteiger partial charge in [0, 0.05) is 35.8 Å². The molecule has 0 aliphatic heterocycles. The van der Waals surface area contributed by atoms with Crippen LogP contribution >= 0.6 is 11.3 Å². The minimum Gasteiger partial charge on any atom is -0.354 e. The van der Waals surface area contributed by atoms with Crippen LogP contribution in [0.5, 0.6) is 0 Å². The molecule has 4 aromatic rings. The Hall–Kier alpha value is -2.93. The van der Waals surface area contributed by atoms with E-state index in [0.717, 1.165) is 33.1 Å². The van der Waals surface area contributed by atoms with Gasteiger partial charge in [-0.1, -0.05) is 18.2 Å². The lowest BCUT2D eigenvalue weighted by atomic mass is 10.2. The second-order valence-electron chi connectivity index (χ2n) is 6.56. The van der Waals surface area contributed by atoms with Crippen molar-refractivity contribution in [1.29, 1.82) is 0 Å². The molecule has 0 radical (unpaired) electrons. The Labute approximate surface area is 161 Å². The largest absolute Gasteiger partial charge is 0.354 e. The van der Waals surface area contributed by atoms with Crippen LogP contribution < -0.4 is 5.32 Å². The van der Waals surface area contributed by atoms with Gasteiger partial charge in [-0.15, -0.1) is 11.3 Å². The number of fused-ring (bicyclic) bond motifs is 1. The number of nitrogens with one attached hydrogen (secondary N) is 1. The Kier molecular flexibility index (Phi) is 4.77. The summed E-state index contributed by atoms with van der Waals surface area (Å²) in [6.45, 7) is 4.88. The van der Waals surface area contributed by atoms with E-state index >= 15 is 0 Å². The molecule has 0 aliphatic carbocycles. The third-order valence-electron chi connectivity index (χ3n) is 4.43. The number of para-hydroxylation sites is 1. The van der Waals surface area contributed by atoms with Gasteiger partial charge in [0.15, 0.2) is 0 Å². The van der Waals surface area contributed by atoms with Crippen LogP contribution in [-0.2, 0) is 17.8 Å². The molecule has 0 aliphatic rings. The Morgan fingerprint density at radius 3 is 2.89 bits per heavy atom. The molecule has 1 amide bonds. The molecule has 0 saturated carbocycles. The van der Waals surface area contributed by atoms with Gasteiger partial charge in [0.05, 0.1) is 11.4 Å². The monoisotopic (exact) mass is 379 g/mol. The number of aryl methyl sites for hydroxylation is 2. The maximum Gasteiger partial charge on any atom is 0.239 e. The number of hydrogen-bond donors (Lipinski definition) is 1. The standard InChI is InChI=1S/C20H21N5OS/c1-14-11-15(2)25(23-14)20-22-17(13-27-20)7-9-21-19(26)12-24-10-8-16-5-3-4-6-18(16)24/h3-6,8,10-11,13H,7,9,12H2,1-2H3,(H,21,26). The van der Waals surface area contributed by atoms with Crippen LogP contribution in [0.2, 0.25) is 0 Å². The number of carbonyl (C=O) groups is 1. The topological polar surface area (TPSA) is 64.7 Å². The molecule has 1 aromatic carbocycles. The minimum absolute atomic E-state index is 0.00496. The summed E-state index contributed by atoms with van der Waals surface area (Å²) in [6.07, 6.45) is 2.65. The summed E-state index contributed by atoms with van der Waals surface area (Å²) in [5, 5.41) is 11.5. The smallest absolute Gasteiger partial charge is 0.239 e. The van der Waals surface area contributed by atoms with Crippen molar-refractivity contribution in [3.05, 3.63) is 65.1 Å². The molecule has 0 bridgehead atoms. The fourth-order valence-electron chi connectivity index (χ4n) is 3.15. The second kappa shape index (κ2) is 7.36. The molecular weight excluding hydrogens is 358 g/mol. The molecular formula is C20H21N5OS. The summed E-state index contributed by atoms with van der Waals surface area (Å²) in [5.41, 5.74) is 4.09. The molecule has 1 N–H and O–H groups in total. The highest BCUT2D eigenvalue weighted by Gasteiger charge is 2.10. The highest BCUT2D eigenvalue weighted by atomic mass is 32.1. The van der Waals surface area contributed by atoms with Crippen molar-refractivity contribution in [3.63, 3.8) is 0 Å². The first-order valence-electron chi connectivity index (χ1n) is 8.89. The number of nitrogens with zero attached hydrogens (tertiary/aromatic N) is 4.